The maximum atomic E-state index is 12.0. The predicted octanol–water partition coefficient (Wildman–Crippen LogP) is -3.77. The van der Waals surface area contributed by atoms with Crippen molar-refractivity contribution in [2.24, 2.45) is 11.8 Å². The van der Waals surface area contributed by atoms with Gasteiger partial charge in [-0.05, 0) is 6.42 Å². The molecule has 0 aliphatic carbocycles. The van der Waals surface area contributed by atoms with Crippen molar-refractivity contribution in [2.45, 2.75) is 74.1 Å². The monoisotopic (exact) mass is 520 g/mol. The van der Waals surface area contributed by atoms with Crippen LogP contribution < -0.4 is 0 Å². The first-order valence-corrected chi connectivity index (χ1v) is 11.6. The van der Waals surface area contributed by atoms with Gasteiger partial charge in [0.05, 0.1) is 31.7 Å². The van der Waals surface area contributed by atoms with E-state index in [1.807, 2.05) is 0 Å². The van der Waals surface area contributed by atoms with Crippen molar-refractivity contribution in [3.63, 3.8) is 0 Å². The second-order valence-electron chi connectivity index (χ2n) is 9.10. The topological polar surface area (TPSA) is 214 Å². The average molecular weight is 520 g/mol. The van der Waals surface area contributed by atoms with Gasteiger partial charge in [0, 0.05) is 11.8 Å². The molecule has 4 aliphatic heterocycles. The van der Waals surface area contributed by atoms with Gasteiger partial charge in [0.15, 0.2) is 12.6 Å². The summed E-state index contributed by atoms with van der Waals surface area (Å²) in [5.41, 5.74) is 0.331. The van der Waals surface area contributed by atoms with Gasteiger partial charge in [0.1, 0.15) is 48.8 Å². The van der Waals surface area contributed by atoms with Crippen molar-refractivity contribution in [1.29, 1.82) is 0 Å². The number of rotatable bonds is 7. The molecular formula is C22H32O14. The first kappa shape index (κ1) is 27.3. The summed E-state index contributed by atoms with van der Waals surface area (Å²) in [5.74, 6) is -1.32. The van der Waals surface area contributed by atoms with Crippen molar-refractivity contribution in [3.8, 4) is 0 Å². The SMILES string of the molecule is C=C[C@H]1[C@@H](O[C@@H]2O[C@H](CO[C@@H]3O[C@H](CO)[C@@H](O)[C@H](O)[C@H]3O)[C@@H](O)[C@H](O)[C@H]2O)OC=C2C(=O)OCC[C@H]21. The fourth-order valence-corrected chi connectivity index (χ4v) is 4.72. The molecule has 0 spiro atoms. The van der Waals surface area contributed by atoms with Crippen molar-refractivity contribution in [1.82, 2.24) is 0 Å². The normalized spacial score (nSPS) is 47.2. The zero-order chi connectivity index (χ0) is 26.1. The van der Waals surface area contributed by atoms with Gasteiger partial charge in [-0.3, -0.25) is 0 Å². The Labute approximate surface area is 205 Å². The first-order valence-electron chi connectivity index (χ1n) is 11.6. The van der Waals surface area contributed by atoms with Crippen molar-refractivity contribution in [3.05, 3.63) is 24.5 Å². The molecule has 36 heavy (non-hydrogen) atoms. The second-order valence-corrected chi connectivity index (χ2v) is 9.10. The van der Waals surface area contributed by atoms with E-state index < -0.39 is 92.8 Å². The Morgan fingerprint density at radius 3 is 2.22 bits per heavy atom. The second kappa shape index (κ2) is 11.4. The molecule has 0 bridgehead atoms. The maximum absolute atomic E-state index is 12.0. The Morgan fingerprint density at radius 2 is 1.56 bits per heavy atom. The molecule has 4 aliphatic rings. The summed E-state index contributed by atoms with van der Waals surface area (Å²) in [7, 11) is 0. The van der Waals surface area contributed by atoms with Crippen LogP contribution in [0.1, 0.15) is 6.42 Å². The number of ether oxygens (including phenoxy) is 6. The van der Waals surface area contributed by atoms with Gasteiger partial charge in [0.25, 0.3) is 0 Å². The van der Waals surface area contributed by atoms with Crippen LogP contribution in [0.25, 0.3) is 0 Å². The largest absolute Gasteiger partial charge is 0.471 e. The Morgan fingerprint density at radius 1 is 0.917 bits per heavy atom. The maximum Gasteiger partial charge on any atom is 0.337 e. The number of hydrogen-bond donors (Lipinski definition) is 7. The van der Waals surface area contributed by atoms with Gasteiger partial charge < -0.3 is 64.2 Å². The number of hydrogen-bond acceptors (Lipinski definition) is 14. The van der Waals surface area contributed by atoms with Gasteiger partial charge >= 0.3 is 5.97 Å². The number of fused-ring (bicyclic) bond motifs is 1. The Hall–Kier alpha value is -1.69. The molecule has 0 unspecified atom stereocenters. The van der Waals surface area contributed by atoms with E-state index in [4.69, 9.17) is 28.4 Å². The average Bonchev–Trinajstić information content (AvgIpc) is 2.87. The van der Waals surface area contributed by atoms with Crippen molar-refractivity contribution in [2.75, 3.05) is 19.8 Å². The standard InChI is InChI=1S/C22H32O14/c1-2-8-9-3-4-31-19(30)10(9)6-32-20(8)36-22-18(29)16(27)14(25)12(35-22)7-33-21-17(28)15(26)13(24)11(5-23)34-21/h2,6,8-9,11-18,20-29H,1,3-5,7H2/t8-,9+,11-,12-,13-,14-,15+,16+,17-,18-,20-,21-,22+/m1/s1. The Kier molecular flexibility index (Phi) is 8.63. The molecule has 7 N–H and O–H groups in total. The van der Waals surface area contributed by atoms with E-state index in [9.17, 15) is 40.5 Å². The van der Waals surface area contributed by atoms with Gasteiger partial charge in [-0.15, -0.1) is 6.58 Å². The molecule has 0 aromatic rings. The molecule has 0 radical (unpaired) electrons. The van der Waals surface area contributed by atoms with Gasteiger partial charge in [-0.1, -0.05) is 6.08 Å². The molecule has 14 heteroatoms. The van der Waals surface area contributed by atoms with E-state index in [1.165, 1.54) is 6.26 Å². The van der Waals surface area contributed by atoms with Crippen molar-refractivity contribution < 1.29 is 69.0 Å². The molecule has 4 rings (SSSR count). The van der Waals surface area contributed by atoms with E-state index >= 15 is 0 Å². The lowest BCUT2D eigenvalue weighted by molar-refractivity contribution is -0.352. The summed E-state index contributed by atoms with van der Waals surface area (Å²) in [6, 6.07) is 0. The summed E-state index contributed by atoms with van der Waals surface area (Å²) < 4.78 is 32.6. The molecule has 3 saturated heterocycles. The Balaban J connectivity index is 1.42. The van der Waals surface area contributed by atoms with Crippen molar-refractivity contribution >= 4 is 5.97 Å². The van der Waals surface area contributed by atoms with E-state index in [-0.39, 0.29) is 12.5 Å². The zero-order valence-electron chi connectivity index (χ0n) is 19.2. The van der Waals surface area contributed by atoms with Crippen LogP contribution in [0.2, 0.25) is 0 Å². The van der Waals surface area contributed by atoms with Crippen LogP contribution in [-0.2, 0) is 33.2 Å². The molecule has 0 saturated carbocycles. The number of aliphatic hydroxyl groups excluding tert-OH is 7. The van der Waals surface area contributed by atoms with E-state index in [0.717, 1.165) is 0 Å². The molecule has 4 heterocycles. The molecular weight excluding hydrogens is 488 g/mol. The number of carbonyl (C=O) groups is 1. The molecule has 3 fully saturated rings. The van der Waals surface area contributed by atoms with Crippen LogP contribution in [0.5, 0.6) is 0 Å². The van der Waals surface area contributed by atoms with Crippen LogP contribution in [-0.4, -0.2) is 129 Å². The predicted molar refractivity (Wildman–Crippen MR) is 113 cm³/mol. The molecule has 204 valence electrons. The van der Waals surface area contributed by atoms with E-state index in [2.05, 4.69) is 6.58 Å². The van der Waals surface area contributed by atoms with Gasteiger partial charge in [0.2, 0.25) is 6.29 Å². The molecule has 0 amide bonds. The summed E-state index contributed by atoms with van der Waals surface area (Å²) in [6.07, 6.45) is -13.2. The summed E-state index contributed by atoms with van der Waals surface area (Å²) in [4.78, 5) is 12.0. The van der Waals surface area contributed by atoms with E-state index in [1.54, 1.807) is 6.08 Å². The highest BCUT2D eigenvalue weighted by molar-refractivity contribution is 5.89. The lowest BCUT2D eigenvalue weighted by atomic mass is 9.81. The van der Waals surface area contributed by atoms with Crippen LogP contribution in [0.4, 0.5) is 0 Å². The first-order chi connectivity index (χ1) is 17.2. The smallest absolute Gasteiger partial charge is 0.337 e. The minimum absolute atomic E-state index is 0.211. The van der Waals surface area contributed by atoms with Crippen LogP contribution >= 0.6 is 0 Å². The third-order valence-corrected chi connectivity index (χ3v) is 6.89. The van der Waals surface area contributed by atoms with E-state index in [0.29, 0.717) is 12.0 Å². The summed E-state index contributed by atoms with van der Waals surface area (Å²) in [5, 5.41) is 70.4. The highest BCUT2D eigenvalue weighted by Crippen LogP contribution is 2.38. The third-order valence-electron chi connectivity index (χ3n) is 6.89. The number of esters is 1. The zero-order valence-corrected chi connectivity index (χ0v) is 19.2. The third kappa shape index (κ3) is 5.16. The summed E-state index contributed by atoms with van der Waals surface area (Å²) in [6.45, 7) is 2.83. The minimum Gasteiger partial charge on any atom is -0.471 e. The molecule has 14 nitrogen and oxygen atoms in total. The number of carbonyl (C=O) groups excluding carboxylic acids is 1. The molecule has 13 atom stereocenters. The highest BCUT2D eigenvalue weighted by atomic mass is 16.8. The van der Waals surface area contributed by atoms with Gasteiger partial charge in [-0.25, -0.2) is 4.79 Å². The molecule has 0 aromatic heterocycles. The highest BCUT2D eigenvalue weighted by Gasteiger charge is 2.49. The minimum atomic E-state index is -1.71. The number of cyclic esters (lactones) is 1. The fourth-order valence-electron chi connectivity index (χ4n) is 4.72. The Bertz CT molecular complexity index is 819. The van der Waals surface area contributed by atoms with Crippen LogP contribution in [0.3, 0.4) is 0 Å². The fraction of sp³-hybridized carbons (Fsp3) is 0.773. The molecule has 0 aromatic carbocycles. The number of aliphatic hydroxyl groups is 7. The van der Waals surface area contributed by atoms with Crippen LogP contribution in [0, 0.1) is 11.8 Å². The lowest BCUT2D eigenvalue weighted by Crippen LogP contribution is -2.62. The lowest BCUT2D eigenvalue weighted by Gasteiger charge is -2.44. The quantitative estimate of drug-likeness (QED) is 0.127. The van der Waals surface area contributed by atoms with Gasteiger partial charge in [-0.2, -0.15) is 0 Å². The van der Waals surface area contributed by atoms with Crippen LogP contribution in [0.15, 0.2) is 24.5 Å². The summed E-state index contributed by atoms with van der Waals surface area (Å²) >= 11 is 0.